The molecule has 15 heavy (non-hydrogen) atoms. The summed E-state index contributed by atoms with van der Waals surface area (Å²) in [7, 11) is 1.39. The smallest absolute Gasteiger partial charge is 0.319 e. The van der Waals surface area contributed by atoms with E-state index in [0.717, 1.165) is 12.8 Å². The van der Waals surface area contributed by atoms with Gasteiger partial charge in [0.15, 0.2) is 0 Å². The number of nitrogens with zero attached hydrogens (tertiary/aromatic N) is 3. The Morgan fingerprint density at radius 3 is 3.00 bits per heavy atom. The number of carbonyl (C=O) groups is 1. The molecule has 1 saturated carbocycles. The van der Waals surface area contributed by atoms with Gasteiger partial charge in [0, 0.05) is 0 Å². The summed E-state index contributed by atoms with van der Waals surface area (Å²) < 4.78 is 6.05. The van der Waals surface area contributed by atoms with Crippen molar-refractivity contribution < 1.29 is 9.53 Å². The quantitative estimate of drug-likeness (QED) is 0.445. The number of nitrogen functional groups attached to an aromatic ring is 1. The van der Waals surface area contributed by atoms with Gasteiger partial charge in [0.25, 0.3) is 0 Å². The van der Waals surface area contributed by atoms with Crippen molar-refractivity contribution in [2.75, 3.05) is 13.0 Å². The van der Waals surface area contributed by atoms with Crippen LogP contribution in [-0.4, -0.2) is 33.2 Å². The molecule has 0 bridgehead atoms. The van der Waals surface area contributed by atoms with Gasteiger partial charge in [-0.1, -0.05) is 11.8 Å². The van der Waals surface area contributed by atoms with E-state index in [-0.39, 0.29) is 11.2 Å². The summed E-state index contributed by atoms with van der Waals surface area (Å²) in [6, 6.07) is 0. The first-order chi connectivity index (χ1) is 7.22. The van der Waals surface area contributed by atoms with Crippen molar-refractivity contribution in [1.29, 1.82) is 0 Å². The molecule has 1 aliphatic carbocycles. The number of esters is 1. The normalized spacial score (nSPS) is 17.4. The van der Waals surface area contributed by atoms with Crippen molar-refractivity contribution >= 4 is 17.7 Å². The lowest BCUT2D eigenvalue weighted by atomic mass is 10.3. The third-order valence-electron chi connectivity index (χ3n) is 2.26. The van der Waals surface area contributed by atoms with Crippen molar-refractivity contribution in [3.05, 3.63) is 6.33 Å². The number of ether oxygens (including phenoxy) is 1. The number of rotatable bonds is 4. The van der Waals surface area contributed by atoms with Crippen LogP contribution >= 0.6 is 11.8 Å². The molecule has 2 N–H and O–H groups in total. The van der Waals surface area contributed by atoms with E-state index in [9.17, 15) is 4.79 Å². The van der Waals surface area contributed by atoms with Gasteiger partial charge in [0.05, 0.1) is 7.11 Å². The van der Waals surface area contributed by atoms with Gasteiger partial charge in [-0.05, 0) is 18.8 Å². The van der Waals surface area contributed by atoms with Crippen LogP contribution in [0.5, 0.6) is 0 Å². The summed E-state index contributed by atoms with van der Waals surface area (Å²) in [5.74, 6) is 5.74. The summed E-state index contributed by atoms with van der Waals surface area (Å²) >= 11 is 1.32. The van der Waals surface area contributed by atoms with E-state index in [4.69, 9.17) is 10.6 Å². The van der Waals surface area contributed by atoms with Crippen LogP contribution in [0, 0.1) is 5.92 Å². The molecular formula is C8H12N4O2S. The fourth-order valence-electron chi connectivity index (χ4n) is 1.28. The zero-order valence-corrected chi connectivity index (χ0v) is 9.11. The molecule has 0 saturated heterocycles. The number of methoxy groups -OCH3 is 1. The van der Waals surface area contributed by atoms with Crippen LogP contribution in [-0.2, 0) is 9.53 Å². The second-order valence-corrected chi connectivity index (χ2v) is 4.53. The van der Waals surface area contributed by atoms with Crippen molar-refractivity contribution in [1.82, 2.24) is 14.9 Å². The van der Waals surface area contributed by atoms with Gasteiger partial charge >= 0.3 is 5.97 Å². The average Bonchev–Trinajstić information content (AvgIpc) is 2.99. The lowest BCUT2D eigenvalue weighted by Gasteiger charge is -2.11. The topological polar surface area (TPSA) is 83.0 Å². The van der Waals surface area contributed by atoms with Crippen molar-refractivity contribution in [2.24, 2.45) is 5.92 Å². The van der Waals surface area contributed by atoms with Crippen molar-refractivity contribution in [3.63, 3.8) is 0 Å². The molecule has 0 aliphatic heterocycles. The molecule has 7 heteroatoms. The lowest BCUT2D eigenvalue weighted by Crippen LogP contribution is -2.22. The van der Waals surface area contributed by atoms with Crippen LogP contribution < -0.4 is 5.84 Å². The molecule has 1 atom stereocenters. The SMILES string of the molecule is COC(=O)C(Sc1nncn1N)C1CC1. The van der Waals surface area contributed by atoms with Gasteiger partial charge in [-0.3, -0.25) is 4.79 Å². The molecule has 82 valence electrons. The molecule has 1 aromatic heterocycles. The van der Waals surface area contributed by atoms with Gasteiger partial charge in [-0.2, -0.15) is 0 Å². The number of aromatic nitrogens is 3. The van der Waals surface area contributed by atoms with Gasteiger partial charge in [0.2, 0.25) is 5.16 Å². The molecular weight excluding hydrogens is 216 g/mol. The van der Waals surface area contributed by atoms with Gasteiger partial charge in [0.1, 0.15) is 11.6 Å². The highest BCUT2D eigenvalue weighted by atomic mass is 32.2. The average molecular weight is 228 g/mol. The maximum Gasteiger partial charge on any atom is 0.319 e. The monoisotopic (exact) mass is 228 g/mol. The van der Waals surface area contributed by atoms with Crippen LogP contribution in [0.2, 0.25) is 0 Å². The molecule has 1 heterocycles. The van der Waals surface area contributed by atoms with Crippen LogP contribution in [0.3, 0.4) is 0 Å². The summed E-state index contributed by atoms with van der Waals surface area (Å²) in [6.45, 7) is 0. The van der Waals surface area contributed by atoms with E-state index in [1.807, 2.05) is 0 Å². The highest BCUT2D eigenvalue weighted by molar-refractivity contribution is 8.00. The highest BCUT2D eigenvalue weighted by Crippen LogP contribution is 2.41. The van der Waals surface area contributed by atoms with E-state index < -0.39 is 0 Å². The molecule has 6 nitrogen and oxygen atoms in total. The largest absolute Gasteiger partial charge is 0.468 e. The third-order valence-corrected chi connectivity index (χ3v) is 3.59. The molecule has 1 unspecified atom stereocenters. The number of hydrogen-bond donors (Lipinski definition) is 1. The fraction of sp³-hybridized carbons (Fsp3) is 0.625. The third kappa shape index (κ3) is 2.23. The second kappa shape index (κ2) is 4.09. The predicted molar refractivity (Wildman–Crippen MR) is 54.6 cm³/mol. The maximum absolute atomic E-state index is 11.5. The fourth-order valence-corrected chi connectivity index (χ4v) is 2.43. The first-order valence-electron chi connectivity index (χ1n) is 4.62. The molecule has 1 aliphatic rings. The Labute approximate surface area is 91.2 Å². The van der Waals surface area contributed by atoms with Crippen LogP contribution in [0.1, 0.15) is 12.8 Å². The minimum atomic E-state index is -0.217. The lowest BCUT2D eigenvalue weighted by molar-refractivity contribution is -0.140. The number of carbonyl (C=O) groups excluding carboxylic acids is 1. The second-order valence-electron chi connectivity index (χ2n) is 3.42. The predicted octanol–water partition coefficient (Wildman–Crippen LogP) is 0.0356. The zero-order chi connectivity index (χ0) is 10.8. The van der Waals surface area contributed by atoms with Gasteiger partial charge in [-0.15, -0.1) is 10.2 Å². The van der Waals surface area contributed by atoms with Crippen LogP contribution in [0.4, 0.5) is 0 Å². The Morgan fingerprint density at radius 2 is 2.53 bits per heavy atom. The molecule has 0 aromatic carbocycles. The minimum Gasteiger partial charge on any atom is -0.468 e. The zero-order valence-electron chi connectivity index (χ0n) is 8.29. The Bertz CT molecular complexity index is 363. The molecule has 2 rings (SSSR count). The number of thioether (sulfide) groups is 1. The standard InChI is InChI=1S/C8H12N4O2S/c1-14-7(13)6(5-2-3-5)15-8-11-10-4-12(8)9/h4-6H,2-3,9H2,1H3. The van der Waals surface area contributed by atoms with Gasteiger partial charge in [-0.25, -0.2) is 4.68 Å². The summed E-state index contributed by atoms with van der Waals surface area (Å²) in [4.78, 5) is 11.5. The van der Waals surface area contributed by atoms with Crippen molar-refractivity contribution in [2.45, 2.75) is 23.2 Å². The van der Waals surface area contributed by atoms with E-state index in [0.29, 0.717) is 11.1 Å². The molecule has 1 fully saturated rings. The van der Waals surface area contributed by atoms with E-state index >= 15 is 0 Å². The van der Waals surface area contributed by atoms with Gasteiger partial charge < -0.3 is 10.6 Å². The Hall–Kier alpha value is -1.24. The van der Waals surface area contributed by atoms with Crippen molar-refractivity contribution in [3.8, 4) is 0 Å². The summed E-state index contributed by atoms with van der Waals surface area (Å²) in [5, 5.41) is 7.81. The number of nitrogens with two attached hydrogens (primary N) is 1. The van der Waals surface area contributed by atoms with E-state index in [2.05, 4.69) is 10.2 Å². The Kier molecular flexibility index (Phi) is 2.81. The Balaban J connectivity index is 2.06. The first-order valence-corrected chi connectivity index (χ1v) is 5.50. The van der Waals surface area contributed by atoms with E-state index in [1.54, 1.807) is 0 Å². The molecule has 0 radical (unpaired) electrons. The maximum atomic E-state index is 11.5. The van der Waals surface area contributed by atoms with Crippen LogP contribution in [0.25, 0.3) is 0 Å². The molecule has 0 spiro atoms. The highest BCUT2D eigenvalue weighted by Gasteiger charge is 2.38. The molecule has 0 amide bonds. The molecule has 1 aromatic rings. The minimum absolute atomic E-state index is 0.207. The van der Waals surface area contributed by atoms with Crippen LogP contribution in [0.15, 0.2) is 11.5 Å². The number of hydrogen-bond acceptors (Lipinski definition) is 6. The summed E-state index contributed by atoms with van der Waals surface area (Å²) in [6.07, 6.45) is 3.53. The van der Waals surface area contributed by atoms with E-state index in [1.165, 1.54) is 29.9 Å². The first kappa shape index (κ1) is 10.3. The summed E-state index contributed by atoms with van der Waals surface area (Å²) in [5.41, 5.74) is 0. The Morgan fingerprint density at radius 1 is 1.80 bits per heavy atom.